The van der Waals surface area contributed by atoms with Gasteiger partial charge in [-0.3, -0.25) is 4.57 Å². The number of aryl methyl sites for hydroxylation is 1. The predicted molar refractivity (Wildman–Crippen MR) is 262 cm³/mol. The summed E-state index contributed by atoms with van der Waals surface area (Å²) in [6.45, 7) is 16.5. The van der Waals surface area contributed by atoms with Crippen LogP contribution in [-0.4, -0.2) is 14.1 Å². The van der Waals surface area contributed by atoms with Crippen molar-refractivity contribution >= 4 is 32.8 Å². The van der Waals surface area contributed by atoms with Crippen LogP contribution in [0.25, 0.3) is 72.3 Å². The van der Waals surface area contributed by atoms with Crippen LogP contribution in [0.3, 0.4) is 0 Å². The molecule has 0 fully saturated rings. The van der Waals surface area contributed by atoms with Gasteiger partial charge in [0.15, 0.2) is 0 Å². The van der Waals surface area contributed by atoms with Gasteiger partial charge in [0.25, 0.3) is 6.33 Å². The normalized spacial score (nSPS) is 15.3. The molecule has 5 nitrogen and oxygen atoms in total. The molecule has 0 saturated heterocycles. The van der Waals surface area contributed by atoms with Crippen LogP contribution in [0.4, 0.5) is 0 Å². The van der Waals surface area contributed by atoms with E-state index in [4.69, 9.17) is 23.4 Å². The van der Waals surface area contributed by atoms with Gasteiger partial charge >= 0.3 is 0 Å². The van der Waals surface area contributed by atoms with Crippen molar-refractivity contribution in [2.45, 2.75) is 66.7 Å². The van der Waals surface area contributed by atoms with E-state index in [9.17, 15) is 1.37 Å². The Bertz CT molecular complexity index is 3870. The summed E-state index contributed by atoms with van der Waals surface area (Å²) in [5.74, 6) is 0.449. The Balaban J connectivity index is 0.00000706. The first kappa shape index (κ1) is 32.2. The standard InChI is InChI=1S/C59H52N4O.Pt/c1-39-18-15-27-53-56(39)62(57-48(41-19-11-9-12-20-41)25-17-26-49(57)42-21-13-10-14-22-42)38-61(53)45-23-16-24-46(36-45)64-47-29-30-50-51-35-44(59(6,7)8)28-31-52(51)63(54(50)37-47)55-34-43(32-33-60-55)40(2)58(3,4)5;/h9-35,40H,1-8H3;/q-2;/i9D,10D,11D,12D,13D,14D,19D,20D,21D,22D,40D;. The second-order valence-corrected chi connectivity index (χ2v) is 18.1. The zero-order chi connectivity index (χ0) is 54.0. The minimum atomic E-state index is -0.928. The summed E-state index contributed by atoms with van der Waals surface area (Å²) in [4.78, 5) is 4.87. The number of imidazole rings is 1. The third-order valence-electron chi connectivity index (χ3n) is 11.9. The molecule has 6 heteroatoms. The molecule has 0 amide bonds. The summed E-state index contributed by atoms with van der Waals surface area (Å²) in [5, 5.41) is 1.96. The third kappa shape index (κ3) is 8.12. The number of aromatic nitrogens is 4. The molecule has 10 aromatic rings. The van der Waals surface area contributed by atoms with Gasteiger partial charge in [0.1, 0.15) is 5.82 Å². The summed E-state index contributed by atoms with van der Waals surface area (Å²) >= 11 is 0. The van der Waals surface area contributed by atoms with Crippen molar-refractivity contribution in [1.29, 1.82) is 0 Å². The number of pyridine rings is 1. The molecule has 0 aliphatic heterocycles. The van der Waals surface area contributed by atoms with Crippen LogP contribution in [0.1, 0.15) is 86.1 Å². The van der Waals surface area contributed by atoms with Crippen molar-refractivity contribution in [3.05, 3.63) is 199 Å². The van der Waals surface area contributed by atoms with E-state index in [1.54, 1.807) is 39.6 Å². The zero-order valence-corrected chi connectivity index (χ0v) is 39.6. The molecule has 0 N–H and O–H groups in total. The molecule has 1 unspecified atom stereocenters. The molecular weight excluding hydrogens is 976 g/mol. The van der Waals surface area contributed by atoms with Crippen LogP contribution < -0.4 is 9.30 Å². The van der Waals surface area contributed by atoms with E-state index >= 15 is 0 Å². The summed E-state index contributed by atoms with van der Waals surface area (Å²) in [6, 6.07) is 31.7. The number of ether oxygens (including phenoxy) is 1. The van der Waals surface area contributed by atoms with Gasteiger partial charge in [0.2, 0.25) is 0 Å². The van der Waals surface area contributed by atoms with Gasteiger partial charge in [0.05, 0.1) is 30.4 Å². The Morgan fingerprint density at radius 2 is 1.37 bits per heavy atom. The third-order valence-corrected chi connectivity index (χ3v) is 11.9. The van der Waals surface area contributed by atoms with E-state index in [1.807, 2.05) is 68.4 Å². The Kier molecular flexibility index (Phi) is 8.46. The first-order valence-corrected chi connectivity index (χ1v) is 21.2. The zero-order valence-electron chi connectivity index (χ0n) is 48.3. The van der Waals surface area contributed by atoms with Gasteiger partial charge in [-0.2, -0.15) is 18.2 Å². The van der Waals surface area contributed by atoms with E-state index in [0.29, 0.717) is 34.0 Å². The molecule has 326 valence electrons. The van der Waals surface area contributed by atoms with Crippen molar-refractivity contribution < 1.29 is 45.4 Å². The fraction of sp³-hybridized carbons (Fsp3) is 0.186. The molecule has 0 spiro atoms. The average molecular weight is 1040 g/mol. The van der Waals surface area contributed by atoms with E-state index in [1.165, 1.54) is 5.56 Å². The maximum atomic E-state index is 9.43. The van der Waals surface area contributed by atoms with Gasteiger partial charge in [-0.1, -0.05) is 163 Å². The Labute approximate surface area is 412 Å². The van der Waals surface area contributed by atoms with E-state index in [0.717, 1.165) is 32.9 Å². The first-order chi connectivity index (χ1) is 35.3. The Morgan fingerprint density at radius 1 is 0.708 bits per heavy atom. The van der Waals surface area contributed by atoms with Gasteiger partial charge in [-0.05, 0) is 91.9 Å². The van der Waals surface area contributed by atoms with Gasteiger partial charge < -0.3 is 13.9 Å². The Hall–Kier alpha value is -6.55. The number of nitrogens with zero attached hydrogens (tertiary/aromatic N) is 4. The van der Waals surface area contributed by atoms with E-state index in [-0.39, 0.29) is 59.8 Å². The minimum absolute atomic E-state index is 0. The fourth-order valence-corrected chi connectivity index (χ4v) is 8.26. The summed E-state index contributed by atoms with van der Waals surface area (Å²) < 4.78 is 109. The van der Waals surface area contributed by atoms with Crippen molar-refractivity contribution in [2.24, 2.45) is 5.41 Å². The summed E-state index contributed by atoms with van der Waals surface area (Å²) in [7, 11) is 0. The molecule has 7 aromatic carbocycles. The van der Waals surface area contributed by atoms with Crippen LogP contribution in [0, 0.1) is 30.8 Å². The minimum Gasteiger partial charge on any atom is -0.510 e. The van der Waals surface area contributed by atoms with Crippen LogP contribution in [0.15, 0.2) is 164 Å². The number of fused-ring (bicyclic) bond motifs is 4. The largest absolute Gasteiger partial charge is 0.510 e. The molecule has 0 aliphatic carbocycles. The molecule has 3 aromatic heterocycles. The smallest absolute Gasteiger partial charge is 0.268 e. The molecule has 3 heterocycles. The fourth-order valence-electron chi connectivity index (χ4n) is 8.26. The number of para-hydroxylation sites is 2. The summed E-state index contributed by atoms with van der Waals surface area (Å²) in [5.41, 5.74) is 5.73. The number of rotatable bonds is 8. The van der Waals surface area contributed by atoms with Crippen LogP contribution >= 0.6 is 0 Å². The maximum absolute atomic E-state index is 9.43. The van der Waals surface area contributed by atoms with Crippen molar-refractivity contribution in [3.8, 4) is 50.9 Å². The van der Waals surface area contributed by atoms with Crippen molar-refractivity contribution in [1.82, 2.24) is 14.1 Å². The predicted octanol–water partition coefficient (Wildman–Crippen LogP) is 14.7. The van der Waals surface area contributed by atoms with Crippen molar-refractivity contribution in [3.63, 3.8) is 0 Å². The Morgan fingerprint density at radius 3 is 2.05 bits per heavy atom. The van der Waals surface area contributed by atoms with Gasteiger partial charge in [-0.25, -0.2) is 4.98 Å². The SMILES string of the molecule is [2H]c1c([2H])c([2H])c(-c2cccc(-c3c([2H])c([2H])c([2H])c([2H])c3[2H])c2-[n+]2[c-]n(-c3[c-]c(Oc4[c-]c5c(cc4)c4cc(C(C)(C)C)ccc4n5-c4cc(C([2H])(C)C(C)(C)C)ccn4)ccc3)c3cccc(C)c32)c([2H])c1[2H].[Pt]. The second-order valence-electron chi connectivity index (χ2n) is 18.1. The van der Waals surface area contributed by atoms with Crippen molar-refractivity contribution in [2.75, 3.05) is 0 Å². The quantitative estimate of drug-likeness (QED) is 0.112. The maximum Gasteiger partial charge on any atom is 0.268 e. The van der Waals surface area contributed by atoms with Crippen LogP contribution in [0.2, 0.25) is 0 Å². The molecule has 0 bridgehead atoms. The number of hydrogen-bond acceptors (Lipinski definition) is 2. The molecule has 65 heavy (non-hydrogen) atoms. The van der Waals surface area contributed by atoms with E-state index < -0.39 is 66.3 Å². The molecule has 0 saturated carbocycles. The molecular formula is C59H52N4OPt-2. The van der Waals surface area contributed by atoms with Gasteiger partial charge in [0, 0.05) is 45.6 Å². The van der Waals surface area contributed by atoms with Gasteiger partial charge in [-0.15, -0.1) is 29.7 Å². The molecule has 0 aliphatic rings. The number of hydrogen-bond donors (Lipinski definition) is 0. The molecule has 10 rings (SSSR count). The average Bonchev–Trinajstić information content (AvgIpc) is 3.98. The molecule has 1 atom stereocenters. The number of benzene rings is 7. The van der Waals surface area contributed by atoms with Crippen LogP contribution in [0.5, 0.6) is 11.5 Å². The summed E-state index contributed by atoms with van der Waals surface area (Å²) in [6.07, 6.45) is 5.20. The first-order valence-electron chi connectivity index (χ1n) is 26.7. The second kappa shape index (κ2) is 17.1. The molecule has 0 radical (unpaired) electrons. The monoisotopic (exact) mass is 1040 g/mol. The van der Waals surface area contributed by atoms with E-state index in [2.05, 4.69) is 82.8 Å². The van der Waals surface area contributed by atoms with Crippen LogP contribution in [-0.2, 0) is 26.5 Å². The topological polar surface area (TPSA) is 35.9 Å².